The van der Waals surface area contributed by atoms with E-state index in [2.05, 4.69) is 15.5 Å². The van der Waals surface area contributed by atoms with Gasteiger partial charge < -0.3 is 10.2 Å². The van der Waals surface area contributed by atoms with Crippen LogP contribution in [0.4, 0.5) is 0 Å². The third-order valence-corrected chi connectivity index (χ3v) is 4.63. The highest BCUT2D eigenvalue weighted by atomic mass is 16.2. The van der Waals surface area contributed by atoms with Gasteiger partial charge in [0.1, 0.15) is 0 Å². The molecule has 1 aliphatic heterocycles. The Morgan fingerprint density at radius 1 is 1.30 bits per heavy atom. The zero-order valence-electron chi connectivity index (χ0n) is 13.8. The Kier molecular flexibility index (Phi) is 4.98. The van der Waals surface area contributed by atoms with Crippen molar-refractivity contribution < 1.29 is 9.59 Å². The van der Waals surface area contributed by atoms with Crippen LogP contribution >= 0.6 is 0 Å². The first-order valence-electron chi connectivity index (χ1n) is 8.71. The Bertz CT molecular complexity index is 565. The number of nitrogens with zero attached hydrogens (tertiary/aromatic N) is 2. The summed E-state index contributed by atoms with van der Waals surface area (Å²) >= 11 is 0. The average Bonchev–Trinajstić information content (AvgIpc) is 3.25. The van der Waals surface area contributed by atoms with Crippen LogP contribution in [0.15, 0.2) is 6.07 Å². The molecule has 0 spiro atoms. The van der Waals surface area contributed by atoms with Crippen LogP contribution < -0.4 is 5.32 Å². The molecule has 1 saturated heterocycles. The van der Waals surface area contributed by atoms with E-state index in [1.807, 2.05) is 17.9 Å². The zero-order valence-corrected chi connectivity index (χ0v) is 13.8. The molecule has 6 heteroatoms. The van der Waals surface area contributed by atoms with E-state index in [1.54, 1.807) is 0 Å². The van der Waals surface area contributed by atoms with Gasteiger partial charge in [0, 0.05) is 30.7 Å². The van der Waals surface area contributed by atoms with E-state index in [0.29, 0.717) is 6.54 Å². The normalized spacial score (nSPS) is 22.3. The first kappa shape index (κ1) is 16.0. The molecular formula is C17H26N4O2. The largest absolute Gasteiger partial charge is 0.351 e. The summed E-state index contributed by atoms with van der Waals surface area (Å²) in [6.45, 7) is 3.41. The molecule has 0 bridgehead atoms. The van der Waals surface area contributed by atoms with Crippen molar-refractivity contribution >= 4 is 11.8 Å². The molecule has 2 fully saturated rings. The van der Waals surface area contributed by atoms with Crippen molar-refractivity contribution in [2.75, 3.05) is 13.1 Å². The number of likely N-dealkylation sites (tertiary alicyclic amines) is 1. The average molecular weight is 318 g/mol. The maximum atomic E-state index is 12.3. The van der Waals surface area contributed by atoms with Crippen LogP contribution in [0.1, 0.15) is 49.9 Å². The molecular weight excluding hydrogens is 292 g/mol. The molecule has 1 aliphatic carbocycles. The number of H-pyrrole nitrogens is 1. The first-order valence-corrected chi connectivity index (χ1v) is 8.71. The van der Waals surface area contributed by atoms with Gasteiger partial charge in [-0.25, -0.2) is 0 Å². The van der Waals surface area contributed by atoms with E-state index in [9.17, 15) is 9.59 Å². The quantitative estimate of drug-likeness (QED) is 0.884. The second-order valence-electron chi connectivity index (χ2n) is 6.89. The Morgan fingerprint density at radius 3 is 2.83 bits per heavy atom. The Hall–Kier alpha value is -1.85. The van der Waals surface area contributed by atoms with Gasteiger partial charge in [0.25, 0.3) is 0 Å². The molecule has 2 aliphatic rings. The lowest BCUT2D eigenvalue weighted by atomic mass is 10.0. The Morgan fingerprint density at radius 2 is 2.13 bits per heavy atom. The summed E-state index contributed by atoms with van der Waals surface area (Å²) in [5.41, 5.74) is 1.72. The summed E-state index contributed by atoms with van der Waals surface area (Å²) in [7, 11) is 0. The van der Waals surface area contributed by atoms with E-state index in [1.165, 1.54) is 0 Å². The van der Waals surface area contributed by atoms with Gasteiger partial charge in [-0.05, 0) is 38.7 Å². The highest BCUT2D eigenvalue weighted by Gasteiger charge is 2.34. The summed E-state index contributed by atoms with van der Waals surface area (Å²) in [6, 6.07) is 1.95. The monoisotopic (exact) mass is 318 g/mol. The fourth-order valence-electron chi connectivity index (χ4n) is 3.23. The number of nitrogens with one attached hydrogen (secondary N) is 2. The van der Waals surface area contributed by atoms with Gasteiger partial charge in [-0.15, -0.1) is 0 Å². The van der Waals surface area contributed by atoms with Crippen LogP contribution in [0, 0.1) is 12.8 Å². The number of carbonyl (C=O) groups is 2. The standard InChI is InChI=1S/C17H26N4O2/c1-12-9-15(20-19-12)10-16(22)18-14-5-3-2-4-8-21(11-14)17(23)13-6-7-13/h9,13-14H,2-8,10-11H2,1H3,(H,18,22)(H,19,20). The first-order chi connectivity index (χ1) is 11.1. The van der Waals surface area contributed by atoms with Crippen LogP contribution in [0.3, 0.4) is 0 Å². The van der Waals surface area contributed by atoms with Gasteiger partial charge in [-0.2, -0.15) is 5.10 Å². The highest BCUT2D eigenvalue weighted by Crippen LogP contribution is 2.31. The SMILES string of the molecule is Cc1cc(CC(=O)NC2CCCCCN(C(=O)C3CC3)C2)n[nH]1. The third kappa shape index (κ3) is 4.56. The number of amides is 2. The molecule has 23 heavy (non-hydrogen) atoms. The lowest BCUT2D eigenvalue weighted by Gasteiger charge is -2.30. The molecule has 2 heterocycles. The van der Waals surface area contributed by atoms with Crippen LogP contribution in [0.5, 0.6) is 0 Å². The van der Waals surface area contributed by atoms with E-state index in [4.69, 9.17) is 0 Å². The molecule has 1 saturated carbocycles. The number of hydrogen-bond acceptors (Lipinski definition) is 3. The molecule has 1 aromatic heterocycles. The van der Waals surface area contributed by atoms with Crippen molar-refractivity contribution in [3.63, 3.8) is 0 Å². The molecule has 1 atom stereocenters. The van der Waals surface area contributed by atoms with Crippen molar-refractivity contribution in [2.45, 2.75) is 57.9 Å². The maximum absolute atomic E-state index is 12.3. The van der Waals surface area contributed by atoms with Gasteiger partial charge in [0.05, 0.1) is 12.1 Å². The van der Waals surface area contributed by atoms with Crippen molar-refractivity contribution in [2.24, 2.45) is 5.92 Å². The number of hydrogen-bond donors (Lipinski definition) is 2. The molecule has 2 N–H and O–H groups in total. The lowest BCUT2D eigenvalue weighted by molar-refractivity contribution is -0.134. The van der Waals surface area contributed by atoms with Crippen molar-refractivity contribution in [1.82, 2.24) is 20.4 Å². The number of rotatable bonds is 4. The molecule has 1 aromatic rings. The zero-order chi connectivity index (χ0) is 16.2. The lowest BCUT2D eigenvalue weighted by Crippen LogP contribution is -2.47. The molecule has 2 amide bonds. The molecule has 3 rings (SSSR count). The Balaban J connectivity index is 1.55. The van der Waals surface area contributed by atoms with E-state index in [-0.39, 0.29) is 30.2 Å². The van der Waals surface area contributed by atoms with Crippen molar-refractivity contribution in [3.05, 3.63) is 17.5 Å². The second kappa shape index (κ2) is 7.15. The van der Waals surface area contributed by atoms with Gasteiger partial charge in [0.15, 0.2) is 0 Å². The smallest absolute Gasteiger partial charge is 0.226 e. The van der Waals surface area contributed by atoms with Gasteiger partial charge in [-0.3, -0.25) is 14.7 Å². The number of carbonyl (C=O) groups excluding carboxylic acids is 2. The van der Waals surface area contributed by atoms with Crippen LogP contribution in [-0.4, -0.2) is 46.0 Å². The van der Waals surface area contributed by atoms with Crippen LogP contribution in [0.25, 0.3) is 0 Å². The summed E-state index contributed by atoms with van der Waals surface area (Å²) < 4.78 is 0. The predicted octanol–water partition coefficient (Wildman–Crippen LogP) is 1.56. The van der Waals surface area contributed by atoms with E-state index >= 15 is 0 Å². The predicted molar refractivity (Wildman–Crippen MR) is 86.7 cm³/mol. The van der Waals surface area contributed by atoms with E-state index in [0.717, 1.165) is 56.5 Å². The summed E-state index contributed by atoms with van der Waals surface area (Å²) in [6.07, 6.45) is 6.61. The minimum absolute atomic E-state index is 0.0131. The van der Waals surface area contributed by atoms with Gasteiger partial charge >= 0.3 is 0 Å². The Labute approximate surface area is 137 Å². The highest BCUT2D eigenvalue weighted by molar-refractivity contribution is 5.81. The number of aromatic nitrogens is 2. The minimum atomic E-state index is -0.0131. The van der Waals surface area contributed by atoms with E-state index < -0.39 is 0 Å². The minimum Gasteiger partial charge on any atom is -0.351 e. The van der Waals surface area contributed by atoms with Crippen LogP contribution in [-0.2, 0) is 16.0 Å². The summed E-state index contributed by atoms with van der Waals surface area (Å²) in [5, 5.41) is 10.1. The molecule has 6 nitrogen and oxygen atoms in total. The fourth-order valence-corrected chi connectivity index (χ4v) is 3.23. The van der Waals surface area contributed by atoms with Crippen LogP contribution in [0.2, 0.25) is 0 Å². The molecule has 1 unspecified atom stereocenters. The van der Waals surface area contributed by atoms with Gasteiger partial charge in [0.2, 0.25) is 11.8 Å². The second-order valence-corrected chi connectivity index (χ2v) is 6.89. The van der Waals surface area contributed by atoms with Crippen molar-refractivity contribution in [3.8, 4) is 0 Å². The van der Waals surface area contributed by atoms with Crippen molar-refractivity contribution in [1.29, 1.82) is 0 Å². The summed E-state index contributed by atoms with van der Waals surface area (Å²) in [5.74, 6) is 0.521. The third-order valence-electron chi connectivity index (χ3n) is 4.63. The van der Waals surface area contributed by atoms with Gasteiger partial charge in [-0.1, -0.05) is 12.8 Å². The molecule has 0 radical (unpaired) electrons. The maximum Gasteiger partial charge on any atom is 0.226 e. The fraction of sp³-hybridized carbons (Fsp3) is 0.706. The summed E-state index contributed by atoms with van der Waals surface area (Å²) in [4.78, 5) is 26.6. The number of aromatic amines is 1. The molecule has 0 aromatic carbocycles. The topological polar surface area (TPSA) is 78.1 Å². The molecule has 126 valence electrons. The number of aryl methyl sites for hydroxylation is 1.